The molecule has 6 nitrogen and oxygen atoms in total. The summed E-state index contributed by atoms with van der Waals surface area (Å²) in [6, 6.07) is 8.98. The van der Waals surface area contributed by atoms with E-state index in [0.29, 0.717) is 15.6 Å². The number of carbonyl (C=O) groups excluding carboxylic acids is 2. The van der Waals surface area contributed by atoms with Gasteiger partial charge in [-0.05, 0) is 18.1 Å². The Morgan fingerprint density at radius 1 is 1.36 bits per heavy atom. The van der Waals surface area contributed by atoms with E-state index < -0.39 is 21.8 Å². The van der Waals surface area contributed by atoms with Crippen LogP contribution in [0.4, 0.5) is 0 Å². The SMILES string of the molecule is O=C(CN1C(=O)/C(=C\c2ccccc2)SC1=S)N[C@@H]1CCS(=O)(=O)C1. The van der Waals surface area contributed by atoms with Gasteiger partial charge in [0.15, 0.2) is 9.84 Å². The highest BCUT2D eigenvalue weighted by molar-refractivity contribution is 8.26. The number of carbonyl (C=O) groups is 2. The van der Waals surface area contributed by atoms with E-state index in [2.05, 4.69) is 5.32 Å². The summed E-state index contributed by atoms with van der Waals surface area (Å²) in [5, 5.41) is 2.67. The third-order valence-corrected chi connectivity index (χ3v) is 7.02. The molecule has 3 rings (SSSR count). The molecule has 0 unspecified atom stereocenters. The summed E-state index contributed by atoms with van der Waals surface area (Å²) < 4.78 is 23.2. The van der Waals surface area contributed by atoms with Crippen molar-refractivity contribution in [1.29, 1.82) is 0 Å². The van der Waals surface area contributed by atoms with Crippen LogP contribution in [0.3, 0.4) is 0 Å². The van der Waals surface area contributed by atoms with Crippen LogP contribution in [0.5, 0.6) is 0 Å². The Morgan fingerprint density at radius 2 is 2.08 bits per heavy atom. The van der Waals surface area contributed by atoms with Crippen LogP contribution < -0.4 is 5.32 Å². The molecule has 2 amide bonds. The third kappa shape index (κ3) is 4.47. The smallest absolute Gasteiger partial charge is 0.266 e. The van der Waals surface area contributed by atoms with E-state index in [0.717, 1.165) is 17.3 Å². The van der Waals surface area contributed by atoms with Crippen LogP contribution >= 0.6 is 24.0 Å². The second kappa shape index (κ2) is 7.27. The molecule has 0 bridgehead atoms. The molecule has 1 N–H and O–H groups in total. The first-order valence-corrected chi connectivity index (χ1v) is 10.7. The molecule has 0 aliphatic carbocycles. The highest BCUT2D eigenvalue weighted by Crippen LogP contribution is 2.32. The van der Waals surface area contributed by atoms with Crippen LogP contribution in [0.15, 0.2) is 35.2 Å². The van der Waals surface area contributed by atoms with E-state index in [1.54, 1.807) is 6.08 Å². The van der Waals surface area contributed by atoms with E-state index in [9.17, 15) is 18.0 Å². The van der Waals surface area contributed by atoms with Gasteiger partial charge in [-0.2, -0.15) is 0 Å². The molecule has 2 fully saturated rings. The predicted octanol–water partition coefficient (Wildman–Crippen LogP) is 1.19. The number of nitrogens with zero attached hydrogens (tertiary/aromatic N) is 1. The highest BCUT2D eigenvalue weighted by atomic mass is 32.2. The van der Waals surface area contributed by atoms with E-state index in [1.165, 1.54) is 4.90 Å². The third-order valence-electron chi connectivity index (χ3n) is 3.87. The molecular weight excluding hydrogens is 380 g/mol. The lowest BCUT2D eigenvalue weighted by Crippen LogP contribution is -2.43. The summed E-state index contributed by atoms with van der Waals surface area (Å²) in [4.78, 5) is 26.3. The fourth-order valence-corrected chi connectivity index (χ4v) is 5.59. The first kappa shape index (κ1) is 18.1. The zero-order valence-electron chi connectivity index (χ0n) is 13.2. The molecule has 0 radical (unpaired) electrons. The van der Waals surface area contributed by atoms with Crippen LogP contribution in [0.1, 0.15) is 12.0 Å². The maximum Gasteiger partial charge on any atom is 0.266 e. The van der Waals surface area contributed by atoms with Gasteiger partial charge in [0.2, 0.25) is 5.91 Å². The molecule has 1 atom stereocenters. The summed E-state index contributed by atoms with van der Waals surface area (Å²) >= 11 is 6.35. The lowest BCUT2D eigenvalue weighted by molar-refractivity contribution is -0.129. The average Bonchev–Trinajstić information content (AvgIpc) is 3.02. The average molecular weight is 397 g/mol. The number of sulfone groups is 1. The lowest BCUT2D eigenvalue weighted by atomic mass is 10.2. The van der Waals surface area contributed by atoms with Crippen LogP contribution in [0.2, 0.25) is 0 Å². The van der Waals surface area contributed by atoms with E-state index >= 15 is 0 Å². The monoisotopic (exact) mass is 396 g/mol. The van der Waals surface area contributed by atoms with E-state index in [1.807, 2.05) is 30.3 Å². The van der Waals surface area contributed by atoms with Crippen molar-refractivity contribution in [3.8, 4) is 0 Å². The number of amides is 2. The second-order valence-corrected chi connectivity index (χ2v) is 9.75. The summed E-state index contributed by atoms with van der Waals surface area (Å²) in [6.45, 7) is -0.201. The topological polar surface area (TPSA) is 83.6 Å². The molecule has 2 aliphatic heterocycles. The van der Waals surface area contributed by atoms with Crippen LogP contribution in [-0.2, 0) is 19.4 Å². The van der Waals surface area contributed by atoms with Crippen LogP contribution in [0.25, 0.3) is 6.08 Å². The molecule has 9 heteroatoms. The lowest BCUT2D eigenvalue weighted by Gasteiger charge is -2.16. The van der Waals surface area contributed by atoms with Crippen molar-refractivity contribution in [2.75, 3.05) is 18.1 Å². The van der Waals surface area contributed by atoms with Crippen molar-refractivity contribution >= 4 is 56.0 Å². The van der Waals surface area contributed by atoms with Gasteiger partial charge in [0.1, 0.15) is 10.9 Å². The molecule has 1 aromatic rings. The molecular formula is C16H16N2O4S3. The molecule has 0 saturated carbocycles. The van der Waals surface area contributed by atoms with Crippen molar-refractivity contribution in [2.45, 2.75) is 12.5 Å². The van der Waals surface area contributed by atoms with Gasteiger partial charge in [0.05, 0.1) is 16.4 Å². The number of benzene rings is 1. The van der Waals surface area contributed by atoms with Crippen LogP contribution in [0, 0.1) is 0 Å². The summed E-state index contributed by atoms with van der Waals surface area (Å²) in [5.74, 6) is -0.684. The number of thioether (sulfide) groups is 1. The second-order valence-electron chi connectivity index (χ2n) is 5.85. The fraction of sp³-hybridized carbons (Fsp3) is 0.312. The van der Waals surface area contributed by atoms with Crippen molar-refractivity contribution in [2.24, 2.45) is 0 Å². The zero-order chi connectivity index (χ0) is 18.0. The zero-order valence-corrected chi connectivity index (χ0v) is 15.6. The summed E-state index contributed by atoms with van der Waals surface area (Å²) in [5.41, 5.74) is 0.878. The fourth-order valence-electron chi connectivity index (χ4n) is 2.66. The van der Waals surface area contributed by atoms with Crippen molar-refractivity contribution in [3.63, 3.8) is 0 Å². The standard InChI is InChI=1S/C16H16N2O4S3/c19-14(17-12-6-7-25(21,22)10-12)9-18-15(20)13(24-16(18)23)8-11-4-2-1-3-5-11/h1-5,8,12H,6-7,9-10H2,(H,17,19)/b13-8+/t12-/m1/s1. The van der Waals surface area contributed by atoms with Gasteiger partial charge in [-0.3, -0.25) is 14.5 Å². The Hall–Kier alpha value is -1.71. The van der Waals surface area contributed by atoms with Gasteiger partial charge in [-0.1, -0.05) is 54.3 Å². The molecule has 2 aliphatic rings. The Labute approximate surface area is 155 Å². The van der Waals surface area contributed by atoms with Gasteiger partial charge in [0, 0.05) is 6.04 Å². The Morgan fingerprint density at radius 3 is 2.72 bits per heavy atom. The van der Waals surface area contributed by atoms with Crippen molar-refractivity contribution in [1.82, 2.24) is 10.2 Å². The minimum Gasteiger partial charge on any atom is -0.351 e. The molecule has 25 heavy (non-hydrogen) atoms. The summed E-state index contributed by atoms with van der Waals surface area (Å²) in [6.07, 6.45) is 2.14. The maximum atomic E-state index is 12.5. The largest absolute Gasteiger partial charge is 0.351 e. The molecule has 0 aromatic heterocycles. The van der Waals surface area contributed by atoms with Gasteiger partial charge < -0.3 is 5.32 Å². The molecule has 0 spiro atoms. The van der Waals surface area contributed by atoms with Gasteiger partial charge in [-0.25, -0.2) is 8.42 Å². The van der Waals surface area contributed by atoms with Crippen molar-refractivity contribution < 1.29 is 18.0 Å². The first-order chi connectivity index (χ1) is 11.8. The number of hydrogen-bond acceptors (Lipinski definition) is 6. The molecule has 2 saturated heterocycles. The summed E-state index contributed by atoms with van der Waals surface area (Å²) in [7, 11) is -3.07. The van der Waals surface area contributed by atoms with E-state index in [4.69, 9.17) is 12.2 Å². The van der Waals surface area contributed by atoms with Gasteiger partial charge in [0.25, 0.3) is 5.91 Å². The Balaban J connectivity index is 1.63. The minimum absolute atomic E-state index is 0.0506. The van der Waals surface area contributed by atoms with Crippen molar-refractivity contribution in [3.05, 3.63) is 40.8 Å². The molecule has 1 aromatic carbocycles. The van der Waals surface area contributed by atoms with E-state index in [-0.39, 0.29) is 24.0 Å². The first-order valence-electron chi connectivity index (χ1n) is 7.64. The number of thiocarbonyl (C=S) groups is 1. The number of rotatable bonds is 4. The van der Waals surface area contributed by atoms with Gasteiger partial charge in [-0.15, -0.1) is 0 Å². The maximum absolute atomic E-state index is 12.5. The Bertz CT molecular complexity index is 849. The molecule has 132 valence electrons. The Kier molecular flexibility index (Phi) is 5.26. The minimum atomic E-state index is -3.07. The number of hydrogen-bond donors (Lipinski definition) is 1. The van der Waals surface area contributed by atoms with Gasteiger partial charge >= 0.3 is 0 Å². The highest BCUT2D eigenvalue weighted by Gasteiger charge is 2.35. The quantitative estimate of drug-likeness (QED) is 0.608. The van der Waals surface area contributed by atoms with Crippen LogP contribution in [-0.4, -0.2) is 53.5 Å². The molecule has 2 heterocycles. The predicted molar refractivity (Wildman–Crippen MR) is 102 cm³/mol. The normalized spacial score (nSPS) is 24.1. The number of nitrogens with one attached hydrogen (secondary N) is 1.